The second-order valence-electron chi connectivity index (χ2n) is 3.95. The van der Waals surface area contributed by atoms with Crippen LogP contribution in [0.1, 0.15) is 5.76 Å². The molecule has 0 saturated heterocycles. The summed E-state index contributed by atoms with van der Waals surface area (Å²) in [6.45, 7) is 0. The van der Waals surface area contributed by atoms with Crippen LogP contribution >= 0.6 is 35.0 Å². The number of halogens is 2. The Morgan fingerprint density at radius 1 is 1.48 bits per heavy atom. The van der Waals surface area contributed by atoms with Crippen LogP contribution in [0.15, 0.2) is 38.9 Å². The number of carbonyl (C=O) groups is 1. The normalized spacial score (nSPS) is 10.9. The number of hydrogen-bond donors (Lipinski definition) is 1. The van der Waals surface area contributed by atoms with Crippen molar-refractivity contribution in [2.75, 3.05) is 5.75 Å². The van der Waals surface area contributed by atoms with Gasteiger partial charge in [0.2, 0.25) is 5.91 Å². The smallest absolute Gasteiger partial charge is 0.400 e. The summed E-state index contributed by atoms with van der Waals surface area (Å²) in [5, 5.41) is 15.3. The molecule has 0 atom stereocenters. The van der Waals surface area contributed by atoms with Gasteiger partial charge in [-0.3, -0.25) is 14.9 Å². The van der Waals surface area contributed by atoms with Crippen LogP contribution in [0, 0.1) is 10.1 Å². The number of nitrogens with zero attached hydrogens (tertiary/aromatic N) is 3. The van der Waals surface area contributed by atoms with Gasteiger partial charge in [0.25, 0.3) is 0 Å². The minimum atomic E-state index is -0.670. The molecule has 11 heteroatoms. The van der Waals surface area contributed by atoms with Crippen LogP contribution in [-0.4, -0.2) is 27.8 Å². The molecule has 0 radical (unpaired) electrons. The second kappa shape index (κ2) is 7.95. The lowest BCUT2D eigenvalue weighted by Crippen LogP contribution is -2.19. The first-order chi connectivity index (χ1) is 11.0. The Labute approximate surface area is 144 Å². The Bertz CT molecular complexity index is 765. The van der Waals surface area contributed by atoms with Crippen LogP contribution in [0.25, 0.3) is 0 Å². The van der Waals surface area contributed by atoms with Crippen LogP contribution in [-0.2, 0) is 4.79 Å². The number of hydrazone groups is 1. The van der Waals surface area contributed by atoms with Crippen molar-refractivity contribution in [3.8, 4) is 0 Å². The van der Waals surface area contributed by atoms with Crippen LogP contribution in [0.5, 0.6) is 0 Å². The highest BCUT2D eigenvalue weighted by atomic mass is 35.5. The Morgan fingerprint density at radius 2 is 2.26 bits per heavy atom. The lowest BCUT2D eigenvalue weighted by Gasteiger charge is -2.01. The van der Waals surface area contributed by atoms with E-state index in [4.69, 9.17) is 27.6 Å². The van der Waals surface area contributed by atoms with Crippen LogP contribution in [0.2, 0.25) is 10.0 Å². The van der Waals surface area contributed by atoms with Crippen LogP contribution < -0.4 is 5.43 Å². The molecule has 0 aliphatic carbocycles. The summed E-state index contributed by atoms with van der Waals surface area (Å²) in [6.07, 6.45) is 2.55. The molecule has 1 N–H and O–H groups in total. The molecule has 0 aromatic carbocycles. The average molecular weight is 375 g/mol. The van der Waals surface area contributed by atoms with E-state index in [0.29, 0.717) is 15.1 Å². The third-order valence-electron chi connectivity index (χ3n) is 2.31. The monoisotopic (exact) mass is 374 g/mol. The summed E-state index contributed by atoms with van der Waals surface area (Å²) in [5.74, 6) is -0.587. The van der Waals surface area contributed by atoms with E-state index in [2.05, 4.69) is 15.5 Å². The topological polar surface area (TPSA) is 111 Å². The van der Waals surface area contributed by atoms with E-state index in [0.717, 1.165) is 18.0 Å². The standard InChI is InChI=1S/C12H8Cl2N4O4S/c13-8-3-11(15-5-9(8)14)23-6-10(19)17-16-4-7-1-2-12(22-7)18(20)21/h1-5H,6H2,(H,17,19)/b16-4-. The van der Waals surface area contributed by atoms with Gasteiger partial charge in [-0.15, -0.1) is 0 Å². The van der Waals surface area contributed by atoms with E-state index in [1.165, 1.54) is 18.3 Å². The van der Waals surface area contributed by atoms with Crippen molar-refractivity contribution in [3.05, 3.63) is 50.3 Å². The van der Waals surface area contributed by atoms with Crippen molar-refractivity contribution in [2.45, 2.75) is 5.03 Å². The van der Waals surface area contributed by atoms with Gasteiger partial charge >= 0.3 is 5.88 Å². The third kappa shape index (κ3) is 5.23. The summed E-state index contributed by atoms with van der Waals surface area (Å²) in [4.78, 5) is 25.4. The van der Waals surface area contributed by atoms with Crippen molar-refractivity contribution in [1.82, 2.24) is 10.4 Å². The zero-order chi connectivity index (χ0) is 16.8. The molecule has 2 heterocycles. The van der Waals surface area contributed by atoms with Gasteiger partial charge in [0.15, 0.2) is 5.76 Å². The zero-order valence-corrected chi connectivity index (χ0v) is 13.6. The van der Waals surface area contributed by atoms with E-state index < -0.39 is 10.8 Å². The molecular formula is C12H8Cl2N4O4S. The molecule has 0 spiro atoms. The molecule has 8 nitrogen and oxygen atoms in total. The average Bonchev–Trinajstić information content (AvgIpc) is 2.97. The van der Waals surface area contributed by atoms with Crippen LogP contribution in [0.3, 0.4) is 0 Å². The van der Waals surface area contributed by atoms with Crippen molar-refractivity contribution in [3.63, 3.8) is 0 Å². The summed E-state index contributed by atoms with van der Waals surface area (Å²) in [7, 11) is 0. The minimum Gasteiger partial charge on any atom is -0.400 e. The highest BCUT2D eigenvalue weighted by molar-refractivity contribution is 7.99. The molecule has 23 heavy (non-hydrogen) atoms. The van der Waals surface area contributed by atoms with Gasteiger partial charge in [-0.25, -0.2) is 10.4 Å². The van der Waals surface area contributed by atoms with Gasteiger partial charge in [-0.05, 0) is 12.1 Å². The van der Waals surface area contributed by atoms with Crippen LogP contribution in [0.4, 0.5) is 5.88 Å². The maximum absolute atomic E-state index is 11.6. The minimum absolute atomic E-state index is 0.0562. The van der Waals surface area contributed by atoms with Gasteiger partial charge in [-0.2, -0.15) is 5.10 Å². The maximum Gasteiger partial charge on any atom is 0.433 e. The number of rotatable bonds is 6. The van der Waals surface area contributed by atoms with Gasteiger partial charge in [0.05, 0.1) is 33.1 Å². The lowest BCUT2D eigenvalue weighted by molar-refractivity contribution is -0.402. The first kappa shape index (κ1) is 17.3. The first-order valence-electron chi connectivity index (χ1n) is 5.95. The van der Waals surface area contributed by atoms with Gasteiger partial charge in [0, 0.05) is 6.20 Å². The van der Waals surface area contributed by atoms with Crippen molar-refractivity contribution in [2.24, 2.45) is 5.10 Å². The molecule has 0 fully saturated rings. The fourth-order valence-electron chi connectivity index (χ4n) is 1.32. The molecule has 0 saturated carbocycles. The summed E-state index contributed by atoms with van der Waals surface area (Å²) >= 11 is 12.7. The highest BCUT2D eigenvalue weighted by Gasteiger charge is 2.10. The Balaban J connectivity index is 1.81. The number of carbonyl (C=O) groups excluding carboxylic acids is 1. The Kier molecular flexibility index (Phi) is 5.97. The van der Waals surface area contributed by atoms with E-state index in [1.54, 1.807) is 6.07 Å². The molecule has 1 amide bonds. The number of nitro groups is 1. The molecule has 0 aliphatic rings. The Morgan fingerprint density at radius 3 is 2.91 bits per heavy atom. The number of hydrogen-bond acceptors (Lipinski definition) is 7. The predicted octanol–water partition coefficient (Wildman–Crippen LogP) is 3.13. The van der Waals surface area contributed by atoms with E-state index in [-0.39, 0.29) is 17.4 Å². The molecule has 2 rings (SSSR count). The third-order valence-corrected chi connectivity index (χ3v) is 3.94. The van der Waals surface area contributed by atoms with Crippen molar-refractivity contribution < 1.29 is 14.1 Å². The zero-order valence-electron chi connectivity index (χ0n) is 11.2. The highest BCUT2D eigenvalue weighted by Crippen LogP contribution is 2.25. The second-order valence-corrected chi connectivity index (χ2v) is 5.76. The lowest BCUT2D eigenvalue weighted by atomic mass is 10.5. The van der Waals surface area contributed by atoms with Gasteiger partial charge < -0.3 is 4.42 Å². The SMILES string of the molecule is O=C(CSc1cc(Cl)c(Cl)cn1)N/N=C\c1ccc([N+](=O)[O-])o1. The summed E-state index contributed by atoms with van der Waals surface area (Å²) < 4.78 is 4.84. The number of thioether (sulfide) groups is 1. The number of pyridine rings is 1. The van der Waals surface area contributed by atoms with Crippen molar-refractivity contribution in [1.29, 1.82) is 0 Å². The molecule has 2 aromatic rings. The first-order valence-corrected chi connectivity index (χ1v) is 7.70. The Hall–Kier alpha value is -2.10. The molecule has 2 aromatic heterocycles. The van der Waals surface area contributed by atoms with Gasteiger partial charge in [0.1, 0.15) is 4.92 Å². The van der Waals surface area contributed by atoms with E-state index in [1.807, 2.05) is 0 Å². The maximum atomic E-state index is 11.6. The summed E-state index contributed by atoms with van der Waals surface area (Å²) in [6, 6.07) is 4.10. The molecule has 0 unspecified atom stereocenters. The molecular weight excluding hydrogens is 367 g/mol. The number of nitrogens with one attached hydrogen (secondary N) is 1. The molecule has 0 aliphatic heterocycles. The number of amides is 1. The quantitative estimate of drug-likeness (QED) is 0.359. The van der Waals surface area contributed by atoms with Gasteiger partial charge in [-0.1, -0.05) is 35.0 Å². The van der Waals surface area contributed by atoms with E-state index in [9.17, 15) is 14.9 Å². The summed E-state index contributed by atoms with van der Waals surface area (Å²) in [5.41, 5.74) is 2.26. The predicted molar refractivity (Wildman–Crippen MR) is 86.1 cm³/mol. The number of aromatic nitrogens is 1. The molecule has 0 bridgehead atoms. The fraction of sp³-hybridized carbons (Fsp3) is 0.0833. The van der Waals surface area contributed by atoms with Crippen molar-refractivity contribution >= 4 is 53.0 Å². The fourth-order valence-corrected chi connectivity index (χ4v) is 2.32. The van der Waals surface area contributed by atoms with E-state index >= 15 is 0 Å². The number of furan rings is 1. The largest absolute Gasteiger partial charge is 0.433 e. The molecule has 120 valence electrons.